The summed E-state index contributed by atoms with van der Waals surface area (Å²) in [5.41, 5.74) is 7.18. The van der Waals surface area contributed by atoms with Gasteiger partial charge in [0.25, 0.3) is 0 Å². The lowest BCUT2D eigenvalue weighted by Gasteiger charge is -2.08. The van der Waals surface area contributed by atoms with Gasteiger partial charge in [0.15, 0.2) is 0 Å². The molecule has 0 saturated heterocycles. The van der Waals surface area contributed by atoms with E-state index >= 15 is 0 Å². The number of nitrogens with two attached hydrogens (primary N) is 1. The zero-order valence-electron chi connectivity index (χ0n) is 11.7. The molecule has 0 spiro atoms. The van der Waals surface area contributed by atoms with E-state index in [0.717, 1.165) is 12.0 Å². The number of anilines is 2. The van der Waals surface area contributed by atoms with Crippen LogP contribution in [0.3, 0.4) is 0 Å². The lowest BCUT2D eigenvalue weighted by atomic mass is 10.1. The summed E-state index contributed by atoms with van der Waals surface area (Å²) >= 11 is 0. The molecule has 2 aromatic rings. The molecular formula is C14H16N6O. The molecule has 0 bridgehead atoms. The first-order valence-electron chi connectivity index (χ1n) is 6.58. The number of nitrogens with one attached hydrogen (secondary N) is 1. The molecule has 108 valence electrons. The Balaban J connectivity index is 2.05. The molecule has 0 saturated carbocycles. The van der Waals surface area contributed by atoms with Gasteiger partial charge in [-0.15, -0.1) is 0 Å². The molecule has 7 nitrogen and oxygen atoms in total. The maximum absolute atomic E-state index is 8.87. The molecule has 0 fully saturated rings. The van der Waals surface area contributed by atoms with E-state index in [1.165, 1.54) is 0 Å². The van der Waals surface area contributed by atoms with E-state index < -0.39 is 0 Å². The Morgan fingerprint density at radius 3 is 2.95 bits per heavy atom. The van der Waals surface area contributed by atoms with Crippen molar-refractivity contribution in [3.8, 4) is 12.1 Å². The summed E-state index contributed by atoms with van der Waals surface area (Å²) in [6.45, 7) is 2.99. The van der Waals surface area contributed by atoms with Crippen LogP contribution in [0.25, 0.3) is 0 Å². The summed E-state index contributed by atoms with van der Waals surface area (Å²) in [5, 5.41) is 11.9. The summed E-state index contributed by atoms with van der Waals surface area (Å²) in [6.07, 6.45) is 0.856. The van der Waals surface area contributed by atoms with Crippen molar-refractivity contribution in [2.75, 3.05) is 17.7 Å². The molecule has 3 N–H and O–H groups in total. The zero-order chi connectivity index (χ0) is 15.1. The van der Waals surface area contributed by atoms with Crippen LogP contribution in [0.5, 0.6) is 6.01 Å². The van der Waals surface area contributed by atoms with Gasteiger partial charge in [-0.25, -0.2) is 0 Å². The molecule has 1 aromatic heterocycles. The monoisotopic (exact) mass is 284 g/mol. The molecule has 21 heavy (non-hydrogen) atoms. The Kier molecular flexibility index (Phi) is 4.88. The standard InChI is InChI=1S/C14H16N6O/c1-2-6-21-14-19-12(16)18-13(20-14)17-9-11-5-3-4-10(7-11)8-15/h3-5,7H,2,6,9H2,1H3,(H3,16,17,18,19,20). The van der Waals surface area contributed by atoms with E-state index in [0.29, 0.717) is 24.7 Å². The van der Waals surface area contributed by atoms with Crippen LogP contribution in [0.2, 0.25) is 0 Å². The fourth-order valence-electron chi connectivity index (χ4n) is 1.64. The van der Waals surface area contributed by atoms with Crippen molar-refractivity contribution < 1.29 is 4.74 Å². The first kappa shape index (κ1) is 14.5. The van der Waals surface area contributed by atoms with Gasteiger partial charge in [-0.3, -0.25) is 0 Å². The van der Waals surface area contributed by atoms with Gasteiger partial charge in [-0.05, 0) is 24.1 Å². The Labute approximate surface area is 122 Å². The van der Waals surface area contributed by atoms with Gasteiger partial charge in [0.1, 0.15) is 0 Å². The molecule has 0 aliphatic heterocycles. The first-order valence-corrected chi connectivity index (χ1v) is 6.58. The summed E-state index contributed by atoms with van der Waals surface area (Å²) in [4.78, 5) is 12.0. The summed E-state index contributed by atoms with van der Waals surface area (Å²) in [5.74, 6) is 0.445. The van der Waals surface area contributed by atoms with Crippen molar-refractivity contribution in [1.29, 1.82) is 5.26 Å². The number of hydrogen-bond donors (Lipinski definition) is 2. The molecule has 1 aromatic carbocycles. The third-order valence-corrected chi connectivity index (χ3v) is 2.57. The van der Waals surface area contributed by atoms with Gasteiger partial charge >= 0.3 is 6.01 Å². The molecule has 0 unspecified atom stereocenters. The fourth-order valence-corrected chi connectivity index (χ4v) is 1.64. The molecule has 0 atom stereocenters. The van der Waals surface area contributed by atoms with Crippen molar-refractivity contribution in [3.05, 3.63) is 35.4 Å². The molecule has 0 amide bonds. The van der Waals surface area contributed by atoms with Crippen LogP contribution in [0.15, 0.2) is 24.3 Å². The maximum Gasteiger partial charge on any atom is 0.323 e. The van der Waals surface area contributed by atoms with Crippen LogP contribution < -0.4 is 15.8 Å². The molecular weight excluding hydrogens is 268 g/mol. The predicted molar refractivity (Wildman–Crippen MR) is 78.5 cm³/mol. The number of nitriles is 1. The Morgan fingerprint density at radius 1 is 1.33 bits per heavy atom. The highest BCUT2D eigenvalue weighted by Crippen LogP contribution is 2.11. The van der Waals surface area contributed by atoms with E-state index in [4.69, 9.17) is 15.7 Å². The highest BCUT2D eigenvalue weighted by atomic mass is 16.5. The van der Waals surface area contributed by atoms with Gasteiger partial charge in [0.2, 0.25) is 11.9 Å². The number of nitrogen functional groups attached to an aromatic ring is 1. The minimum atomic E-state index is 0.101. The normalized spacial score (nSPS) is 9.90. The van der Waals surface area contributed by atoms with Crippen molar-refractivity contribution >= 4 is 11.9 Å². The van der Waals surface area contributed by atoms with E-state index in [1.54, 1.807) is 12.1 Å². The smallest absolute Gasteiger partial charge is 0.323 e. The molecule has 7 heteroatoms. The van der Waals surface area contributed by atoms with Gasteiger partial charge in [0, 0.05) is 6.54 Å². The minimum absolute atomic E-state index is 0.101. The molecule has 0 radical (unpaired) electrons. The van der Waals surface area contributed by atoms with E-state index in [-0.39, 0.29) is 12.0 Å². The Bertz CT molecular complexity index is 652. The van der Waals surface area contributed by atoms with Crippen molar-refractivity contribution in [2.24, 2.45) is 0 Å². The molecule has 0 aliphatic carbocycles. The maximum atomic E-state index is 8.87. The topological polar surface area (TPSA) is 110 Å². The zero-order valence-corrected chi connectivity index (χ0v) is 11.7. The highest BCUT2D eigenvalue weighted by Gasteiger charge is 2.05. The number of rotatable bonds is 6. The predicted octanol–water partition coefficient (Wildman–Crippen LogP) is 1.73. The van der Waals surface area contributed by atoms with Gasteiger partial charge in [0.05, 0.1) is 18.2 Å². The summed E-state index contributed by atoms with van der Waals surface area (Å²) < 4.78 is 5.34. The SMILES string of the molecule is CCCOc1nc(N)nc(NCc2cccc(C#N)c2)n1. The lowest BCUT2D eigenvalue weighted by Crippen LogP contribution is -2.09. The number of nitrogens with zero attached hydrogens (tertiary/aromatic N) is 4. The first-order chi connectivity index (χ1) is 10.2. The fraction of sp³-hybridized carbons (Fsp3) is 0.286. The Morgan fingerprint density at radius 2 is 2.19 bits per heavy atom. The third-order valence-electron chi connectivity index (χ3n) is 2.57. The van der Waals surface area contributed by atoms with Gasteiger partial charge in [-0.2, -0.15) is 20.2 Å². The van der Waals surface area contributed by atoms with Crippen LogP contribution in [-0.4, -0.2) is 21.6 Å². The van der Waals surface area contributed by atoms with Crippen LogP contribution in [0, 0.1) is 11.3 Å². The number of benzene rings is 1. The molecule has 1 heterocycles. The highest BCUT2D eigenvalue weighted by molar-refractivity contribution is 5.37. The van der Waals surface area contributed by atoms with E-state index in [2.05, 4.69) is 26.3 Å². The van der Waals surface area contributed by atoms with Crippen LogP contribution in [0.4, 0.5) is 11.9 Å². The molecule has 0 aliphatic rings. The van der Waals surface area contributed by atoms with E-state index in [1.807, 2.05) is 19.1 Å². The van der Waals surface area contributed by atoms with Crippen LogP contribution in [-0.2, 0) is 6.54 Å². The third kappa shape index (κ3) is 4.31. The van der Waals surface area contributed by atoms with Gasteiger partial charge in [-0.1, -0.05) is 19.1 Å². The summed E-state index contributed by atoms with van der Waals surface area (Å²) in [7, 11) is 0. The number of ether oxygens (including phenoxy) is 1. The van der Waals surface area contributed by atoms with Crippen molar-refractivity contribution in [3.63, 3.8) is 0 Å². The largest absolute Gasteiger partial charge is 0.463 e. The second kappa shape index (κ2) is 7.05. The average Bonchev–Trinajstić information content (AvgIpc) is 2.50. The van der Waals surface area contributed by atoms with Crippen LogP contribution in [0.1, 0.15) is 24.5 Å². The van der Waals surface area contributed by atoms with E-state index in [9.17, 15) is 0 Å². The molecule has 2 rings (SSSR count). The number of aromatic nitrogens is 3. The quantitative estimate of drug-likeness (QED) is 0.831. The lowest BCUT2D eigenvalue weighted by molar-refractivity contribution is 0.292. The summed E-state index contributed by atoms with van der Waals surface area (Å²) in [6, 6.07) is 9.59. The second-order valence-corrected chi connectivity index (χ2v) is 4.31. The minimum Gasteiger partial charge on any atom is -0.463 e. The van der Waals surface area contributed by atoms with Crippen molar-refractivity contribution in [1.82, 2.24) is 15.0 Å². The van der Waals surface area contributed by atoms with Crippen LogP contribution >= 0.6 is 0 Å². The second-order valence-electron chi connectivity index (χ2n) is 4.31. The average molecular weight is 284 g/mol. The van der Waals surface area contributed by atoms with Crippen molar-refractivity contribution in [2.45, 2.75) is 19.9 Å². The van der Waals surface area contributed by atoms with Gasteiger partial charge < -0.3 is 15.8 Å². The number of hydrogen-bond acceptors (Lipinski definition) is 7. The Hall–Kier alpha value is -2.88.